The Labute approximate surface area is 122 Å². The number of nitrogens with zero attached hydrogens (tertiary/aromatic N) is 1. The molecule has 1 saturated heterocycles. The second-order valence-electron chi connectivity index (χ2n) is 6.07. The lowest BCUT2D eigenvalue weighted by Crippen LogP contribution is -2.48. The Hall–Kier alpha value is -0.900. The maximum atomic E-state index is 6.11. The van der Waals surface area contributed by atoms with Gasteiger partial charge in [-0.3, -0.25) is 4.90 Å². The van der Waals surface area contributed by atoms with Gasteiger partial charge in [-0.25, -0.2) is 0 Å². The van der Waals surface area contributed by atoms with Crippen LogP contribution in [0.25, 0.3) is 0 Å². The third-order valence-corrected chi connectivity index (χ3v) is 4.71. The lowest BCUT2D eigenvalue weighted by Gasteiger charge is -2.40. The van der Waals surface area contributed by atoms with Crippen molar-refractivity contribution in [2.75, 3.05) is 26.3 Å². The summed E-state index contributed by atoms with van der Waals surface area (Å²) in [6.45, 7) is 5.59. The Balaban J connectivity index is 1.82. The van der Waals surface area contributed by atoms with Gasteiger partial charge < -0.3 is 10.5 Å². The zero-order valence-electron chi connectivity index (χ0n) is 12.4. The zero-order valence-corrected chi connectivity index (χ0v) is 12.4. The third-order valence-electron chi connectivity index (χ3n) is 4.71. The van der Waals surface area contributed by atoms with E-state index >= 15 is 0 Å². The minimum atomic E-state index is 0.336. The Morgan fingerprint density at radius 3 is 2.95 bits per heavy atom. The molecule has 2 unspecified atom stereocenters. The van der Waals surface area contributed by atoms with E-state index < -0.39 is 0 Å². The molecule has 3 heteroatoms. The lowest BCUT2D eigenvalue weighted by molar-refractivity contribution is -0.0291. The van der Waals surface area contributed by atoms with E-state index in [1.54, 1.807) is 0 Å². The van der Waals surface area contributed by atoms with E-state index in [9.17, 15) is 0 Å². The minimum absolute atomic E-state index is 0.336. The summed E-state index contributed by atoms with van der Waals surface area (Å²) >= 11 is 0. The smallest absolute Gasteiger partial charge is 0.0622 e. The molecular weight excluding hydrogens is 248 g/mol. The first-order chi connectivity index (χ1) is 9.83. The van der Waals surface area contributed by atoms with Crippen LogP contribution in [0, 0.1) is 0 Å². The zero-order chi connectivity index (χ0) is 13.9. The molecule has 0 aromatic heterocycles. The van der Waals surface area contributed by atoms with E-state index in [4.69, 9.17) is 10.5 Å². The molecule has 1 aromatic rings. The van der Waals surface area contributed by atoms with E-state index in [2.05, 4.69) is 36.1 Å². The van der Waals surface area contributed by atoms with Crippen LogP contribution in [0.4, 0.5) is 0 Å². The summed E-state index contributed by atoms with van der Waals surface area (Å²) < 4.78 is 5.62. The molecule has 20 heavy (non-hydrogen) atoms. The van der Waals surface area contributed by atoms with Crippen LogP contribution >= 0.6 is 0 Å². The summed E-state index contributed by atoms with van der Waals surface area (Å²) in [5, 5.41) is 0. The van der Waals surface area contributed by atoms with Crippen LogP contribution in [0.1, 0.15) is 49.3 Å². The largest absolute Gasteiger partial charge is 0.378 e. The van der Waals surface area contributed by atoms with Gasteiger partial charge in [-0.15, -0.1) is 0 Å². The van der Waals surface area contributed by atoms with Crippen molar-refractivity contribution < 1.29 is 4.74 Å². The maximum absolute atomic E-state index is 6.11. The van der Waals surface area contributed by atoms with Crippen molar-refractivity contribution >= 4 is 0 Å². The third kappa shape index (κ3) is 2.90. The van der Waals surface area contributed by atoms with Gasteiger partial charge in [-0.05, 0) is 36.3 Å². The molecule has 2 fully saturated rings. The first-order valence-corrected chi connectivity index (χ1v) is 7.97. The fourth-order valence-corrected chi connectivity index (χ4v) is 3.33. The summed E-state index contributed by atoms with van der Waals surface area (Å²) in [5.74, 6) is 0.806. The molecule has 2 N–H and O–H groups in total. The average molecular weight is 274 g/mol. The number of hydrogen-bond acceptors (Lipinski definition) is 3. The second kappa shape index (κ2) is 6.25. The molecule has 1 aliphatic carbocycles. The van der Waals surface area contributed by atoms with Crippen LogP contribution in [0.2, 0.25) is 0 Å². The standard InChI is InChI=1S/C17H26N2O/c1-2-16-12-20-9-8-19(16)17(11-18)15-5-3-4-14(10-15)13-6-7-13/h3-5,10,13,16-17H,2,6-9,11-12,18H2,1H3. The van der Waals surface area contributed by atoms with Crippen LogP contribution < -0.4 is 5.73 Å². The van der Waals surface area contributed by atoms with Crippen molar-refractivity contribution in [3.05, 3.63) is 35.4 Å². The number of ether oxygens (including phenoxy) is 1. The first kappa shape index (κ1) is 14.1. The van der Waals surface area contributed by atoms with Gasteiger partial charge in [0.1, 0.15) is 0 Å². The molecule has 110 valence electrons. The van der Waals surface area contributed by atoms with Crippen molar-refractivity contribution in [3.8, 4) is 0 Å². The predicted octanol–water partition coefficient (Wildman–Crippen LogP) is 2.67. The van der Waals surface area contributed by atoms with Crippen molar-refractivity contribution in [1.82, 2.24) is 4.90 Å². The Morgan fingerprint density at radius 1 is 1.40 bits per heavy atom. The van der Waals surface area contributed by atoms with Crippen molar-refractivity contribution in [2.45, 2.75) is 44.2 Å². The van der Waals surface area contributed by atoms with E-state index in [1.807, 2.05) is 0 Å². The normalized spacial score (nSPS) is 25.6. The van der Waals surface area contributed by atoms with Gasteiger partial charge in [0, 0.05) is 25.2 Å². The molecule has 2 aliphatic rings. The quantitative estimate of drug-likeness (QED) is 0.897. The van der Waals surface area contributed by atoms with Gasteiger partial charge in [0.2, 0.25) is 0 Å². The average Bonchev–Trinajstić information content (AvgIpc) is 3.34. The molecule has 1 saturated carbocycles. The molecule has 3 nitrogen and oxygen atoms in total. The Kier molecular flexibility index (Phi) is 4.39. The SMILES string of the molecule is CCC1COCCN1C(CN)c1cccc(C2CC2)c1. The molecular formula is C17H26N2O. The lowest BCUT2D eigenvalue weighted by atomic mass is 9.98. The van der Waals surface area contributed by atoms with Gasteiger partial charge in [-0.1, -0.05) is 31.2 Å². The van der Waals surface area contributed by atoms with Crippen molar-refractivity contribution in [3.63, 3.8) is 0 Å². The summed E-state index contributed by atoms with van der Waals surface area (Å²) in [5.41, 5.74) is 9.00. The summed E-state index contributed by atoms with van der Waals surface area (Å²) in [6, 6.07) is 9.94. The van der Waals surface area contributed by atoms with Crippen LogP contribution in [0.15, 0.2) is 24.3 Å². The van der Waals surface area contributed by atoms with Gasteiger partial charge in [0.05, 0.1) is 13.2 Å². The molecule has 0 amide bonds. The van der Waals surface area contributed by atoms with E-state index in [0.29, 0.717) is 18.6 Å². The van der Waals surface area contributed by atoms with Gasteiger partial charge in [-0.2, -0.15) is 0 Å². The fourth-order valence-electron chi connectivity index (χ4n) is 3.33. The maximum Gasteiger partial charge on any atom is 0.0622 e. The van der Waals surface area contributed by atoms with E-state index in [0.717, 1.165) is 32.1 Å². The summed E-state index contributed by atoms with van der Waals surface area (Å²) in [7, 11) is 0. The topological polar surface area (TPSA) is 38.5 Å². The van der Waals surface area contributed by atoms with Crippen LogP contribution in [0.5, 0.6) is 0 Å². The highest BCUT2D eigenvalue weighted by Crippen LogP contribution is 2.41. The van der Waals surface area contributed by atoms with Crippen LogP contribution in [0.3, 0.4) is 0 Å². The molecule has 0 spiro atoms. The van der Waals surface area contributed by atoms with Crippen LogP contribution in [-0.4, -0.2) is 37.2 Å². The van der Waals surface area contributed by atoms with Gasteiger partial charge in [0.25, 0.3) is 0 Å². The summed E-state index contributed by atoms with van der Waals surface area (Å²) in [4.78, 5) is 2.55. The van der Waals surface area contributed by atoms with Crippen molar-refractivity contribution in [2.24, 2.45) is 5.73 Å². The van der Waals surface area contributed by atoms with Gasteiger partial charge in [0.15, 0.2) is 0 Å². The number of morpholine rings is 1. The molecule has 1 aliphatic heterocycles. The highest BCUT2D eigenvalue weighted by molar-refractivity contribution is 5.31. The highest BCUT2D eigenvalue weighted by atomic mass is 16.5. The molecule has 1 heterocycles. The predicted molar refractivity (Wildman–Crippen MR) is 81.8 cm³/mol. The molecule has 2 atom stereocenters. The molecule has 0 radical (unpaired) electrons. The monoisotopic (exact) mass is 274 g/mol. The molecule has 3 rings (SSSR count). The number of rotatable bonds is 5. The molecule has 0 bridgehead atoms. The first-order valence-electron chi connectivity index (χ1n) is 7.97. The van der Waals surface area contributed by atoms with Crippen LogP contribution in [-0.2, 0) is 4.74 Å². The van der Waals surface area contributed by atoms with E-state index in [1.165, 1.54) is 24.0 Å². The van der Waals surface area contributed by atoms with E-state index in [-0.39, 0.29) is 0 Å². The minimum Gasteiger partial charge on any atom is -0.378 e. The number of hydrogen-bond donors (Lipinski definition) is 1. The number of benzene rings is 1. The summed E-state index contributed by atoms with van der Waals surface area (Å²) in [6.07, 6.45) is 3.83. The second-order valence-corrected chi connectivity index (χ2v) is 6.07. The highest BCUT2D eigenvalue weighted by Gasteiger charge is 2.30. The number of nitrogens with two attached hydrogens (primary N) is 1. The van der Waals surface area contributed by atoms with Crippen molar-refractivity contribution in [1.29, 1.82) is 0 Å². The van der Waals surface area contributed by atoms with Gasteiger partial charge >= 0.3 is 0 Å². The Morgan fingerprint density at radius 2 is 2.25 bits per heavy atom. The Bertz CT molecular complexity index is 444. The fraction of sp³-hybridized carbons (Fsp3) is 0.647. The molecule has 1 aromatic carbocycles.